The van der Waals surface area contributed by atoms with Gasteiger partial charge >= 0.3 is 0 Å². The minimum atomic E-state index is -3.27. The van der Waals surface area contributed by atoms with Gasteiger partial charge in [-0.15, -0.1) is 0 Å². The normalized spacial score (nSPS) is 34.9. The number of hydrogen-bond donors (Lipinski definition) is 2. The Kier molecular flexibility index (Phi) is 3.33. The molecular formula is C10H20N2O2S. The zero-order valence-electron chi connectivity index (χ0n) is 8.98. The van der Waals surface area contributed by atoms with Crippen molar-refractivity contribution in [2.45, 2.75) is 38.1 Å². The Balaban J connectivity index is 1.63. The number of nitrogens with one attached hydrogen (secondary N) is 1. The van der Waals surface area contributed by atoms with Crippen molar-refractivity contribution < 1.29 is 8.42 Å². The zero-order chi connectivity index (χ0) is 10.9. The van der Waals surface area contributed by atoms with E-state index in [1.807, 2.05) is 0 Å². The van der Waals surface area contributed by atoms with Gasteiger partial charge in [0.05, 0.1) is 5.75 Å². The number of rotatable bonds is 5. The van der Waals surface area contributed by atoms with Gasteiger partial charge in [0.25, 0.3) is 0 Å². The van der Waals surface area contributed by atoms with Crippen LogP contribution in [-0.4, -0.2) is 26.8 Å². The first-order valence-electron chi connectivity index (χ1n) is 5.78. The lowest BCUT2D eigenvalue weighted by Crippen LogP contribution is -2.35. The van der Waals surface area contributed by atoms with Gasteiger partial charge in [-0.05, 0) is 44.1 Å². The second-order valence-corrected chi connectivity index (χ2v) is 6.69. The van der Waals surface area contributed by atoms with Crippen LogP contribution in [0.15, 0.2) is 0 Å². The van der Waals surface area contributed by atoms with E-state index >= 15 is 0 Å². The van der Waals surface area contributed by atoms with Gasteiger partial charge in [-0.25, -0.2) is 13.6 Å². The SMILES string of the molecule is NS(=O)(=O)CCCNC1CC2CCC1C2. The van der Waals surface area contributed by atoms with Crippen molar-refractivity contribution >= 4 is 10.0 Å². The second kappa shape index (κ2) is 4.39. The summed E-state index contributed by atoms with van der Waals surface area (Å²) in [5.74, 6) is 1.89. The van der Waals surface area contributed by atoms with Gasteiger partial charge in [-0.1, -0.05) is 6.42 Å². The van der Waals surface area contributed by atoms with Gasteiger partial charge in [0.15, 0.2) is 0 Å². The third-order valence-electron chi connectivity index (χ3n) is 3.75. The Bertz CT molecular complexity index is 315. The fraction of sp³-hybridized carbons (Fsp3) is 1.00. The summed E-state index contributed by atoms with van der Waals surface area (Å²) in [7, 11) is -3.27. The highest BCUT2D eigenvalue weighted by Crippen LogP contribution is 2.44. The lowest BCUT2D eigenvalue weighted by Gasteiger charge is -2.22. The Morgan fingerprint density at radius 3 is 2.60 bits per heavy atom. The number of sulfonamides is 1. The summed E-state index contributed by atoms with van der Waals surface area (Å²) in [5.41, 5.74) is 0. The maximum Gasteiger partial charge on any atom is 0.209 e. The van der Waals surface area contributed by atoms with Gasteiger partial charge in [0.2, 0.25) is 10.0 Å². The standard InChI is InChI=1S/C10H20N2O2S/c11-15(13,14)5-1-4-12-10-7-8-2-3-9(10)6-8/h8-10,12H,1-7H2,(H2,11,13,14). The Labute approximate surface area is 91.7 Å². The molecule has 2 aliphatic carbocycles. The highest BCUT2D eigenvalue weighted by atomic mass is 32.2. The van der Waals surface area contributed by atoms with Crippen molar-refractivity contribution in [3.63, 3.8) is 0 Å². The monoisotopic (exact) mass is 232 g/mol. The fourth-order valence-corrected chi connectivity index (χ4v) is 3.60. The van der Waals surface area contributed by atoms with Crippen LogP contribution in [0.25, 0.3) is 0 Å². The maximum atomic E-state index is 10.7. The van der Waals surface area contributed by atoms with Crippen LogP contribution in [0.3, 0.4) is 0 Å². The highest BCUT2D eigenvalue weighted by molar-refractivity contribution is 7.89. The molecule has 3 unspecified atom stereocenters. The molecule has 0 aromatic carbocycles. The summed E-state index contributed by atoms with van der Waals surface area (Å²) < 4.78 is 21.4. The lowest BCUT2D eigenvalue weighted by atomic mass is 9.95. The number of fused-ring (bicyclic) bond motifs is 2. The van der Waals surface area contributed by atoms with Gasteiger partial charge in [0, 0.05) is 6.04 Å². The molecule has 4 nitrogen and oxygen atoms in total. The summed E-state index contributed by atoms with van der Waals surface area (Å²) in [6.45, 7) is 0.782. The van der Waals surface area contributed by atoms with Crippen LogP contribution >= 0.6 is 0 Å². The van der Waals surface area contributed by atoms with Crippen LogP contribution in [0.4, 0.5) is 0 Å². The van der Waals surface area contributed by atoms with Crippen LogP contribution in [0.2, 0.25) is 0 Å². The molecule has 2 saturated carbocycles. The fourth-order valence-electron chi connectivity index (χ4n) is 3.06. The molecule has 0 radical (unpaired) electrons. The Morgan fingerprint density at radius 1 is 1.27 bits per heavy atom. The third kappa shape index (κ3) is 3.16. The topological polar surface area (TPSA) is 72.2 Å². The molecule has 88 valence electrons. The predicted octanol–water partition coefficient (Wildman–Crippen LogP) is 0.443. The van der Waals surface area contributed by atoms with Crippen LogP contribution in [0, 0.1) is 11.8 Å². The van der Waals surface area contributed by atoms with Crippen molar-refractivity contribution in [1.82, 2.24) is 5.32 Å². The zero-order valence-corrected chi connectivity index (χ0v) is 9.80. The first-order valence-corrected chi connectivity index (χ1v) is 7.50. The van der Waals surface area contributed by atoms with E-state index in [0.29, 0.717) is 12.5 Å². The number of primary sulfonamides is 1. The van der Waals surface area contributed by atoms with Crippen LogP contribution in [0.1, 0.15) is 32.1 Å². The molecule has 2 bridgehead atoms. The number of hydrogen-bond acceptors (Lipinski definition) is 3. The van der Waals surface area contributed by atoms with E-state index in [1.165, 1.54) is 25.7 Å². The molecule has 2 rings (SSSR count). The van der Waals surface area contributed by atoms with E-state index in [-0.39, 0.29) is 5.75 Å². The molecule has 0 aliphatic heterocycles. The quantitative estimate of drug-likeness (QED) is 0.676. The van der Waals surface area contributed by atoms with E-state index in [2.05, 4.69) is 5.32 Å². The van der Waals surface area contributed by atoms with E-state index < -0.39 is 10.0 Å². The average molecular weight is 232 g/mol. The Hall–Kier alpha value is -0.130. The van der Waals surface area contributed by atoms with Crippen molar-refractivity contribution in [2.75, 3.05) is 12.3 Å². The molecule has 2 fully saturated rings. The average Bonchev–Trinajstić information content (AvgIpc) is 2.71. The van der Waals surface area contributed by atoms with Crippen LogP contribution in [0.5, 0.6) is 0 Å². The lowest BCUT2D eigenvalue weighted by molar-refractivity contribution is 0.353. The predicted molar refractivity (Wildman–Crippen MR) is 59.8 cm³/mol. The van der Waals surface area contributed by atoms with Gasteiger partial charge in [0.1, 0.15) is 0 Å². The first-order chi connectivity index (χ1) is 7.04. The van der Waals surface area contributed by atoms with Gasteiger partial charge in [-0.2, -0.15) is 0 Å². The maximum absolute atomic E-state index is 10.7. The van der Waals surface area contributed by atoms with Crippen molar-refractivity contribution in [3.05, 3.63) is 0 Å². The highest BCUT2D eigenvalue weighted by Gasteiger charge is 2.38. The molecule has 3 N–H and O–H groups in total. The largest absolute Gasteiger partial charge is 0.314 e. The third-order valence-corrected chi connectivity index (χ3v) is 4.61. The van der Waals surface area contributed by atoms with Crippen molar-refractivity contribution in [1.29, 1.82) is 0 Å². The molecule has 15 heavy (non-hydrogen) atoms. The molecule has 0 saturated heterocycles. The summed E-state index contributed by atoms with van der Waals surface area (Å²) >= 11 is 0. The summed E-state index contributed by atoms with van der Waals surface area (Å²) in [6.07, 6.45) is 6.07. The minimum absolute atomic E-state index is 0.0980. The van der Waals surface area contributed by atoms with Crippen molar-refractivity contribution in [2.24, 2.45) is 17.0 Å². The molecule has 0 spiro atoms. The first kappa shape index (κ1) is 11.4. The molecule has 0 heterocycles. The van der Waals surface area contributed by atoms with E-state index in [4.69, 9.17) is 5.14 Å². The molecule has 5 heteroatoms. The smallest absolute Gasteiger partial charge is 0.209 e. The molecular weight excluding hydrogens is 212 g/mol. The molecule has 0 amide bonds. The summed E-state index contributed by atoms with van der Waals surface area (Å²) in [5, 5.41) is 8.40. The molecule has 0 aromatic rings. The molecule has 2 aliphatic rings. The Morgan fingerprint density at radius 2 is 2.07 bits per heavy atom. The van der Waals surface area contributed by atoms with Crippen LogP contribution in [-0.2, 0) is 10.0 Å². The van der Waals surface area contributed by atoms with E-state index in [9.17, 15) is 8.42 Å². The second-order valence-electron chi connectivity index (χ2n) is 4.96. The van der Waals surface area contributed by atoms with Crippen molar-refractivity contribution in [3.8, 4) is 0 Å². The van der Waals surface area contributed by atoms with Gasteiger partial charge < -0.3 is 5.32 Å². The minimum Gasteiger partial charge on any atom is -0.314 e. The van der Waals surface area contributed by atoms with E-state index in [0.717, 1.165) is 18.4 Å². The summed E-state index contributed by atoms with van der Waals surface area (Å²) in [6, 6.07) is 0.643. The van der Waals surface area contributed by atoms with E-state index in [1.54, 1.807) is 0 Å². The van der Waals surface area contributed by atoms with Gasteiger partial charge in [-0.3, -0.25) is 0 Å². The molecule has 3 atom stereocenters. The number of nitrogens with two attached hydrogens (primary N) is 1. The molecule has 0 aromatic heterocycles. The van der Waals surface area contributed by atoms with Crippen LogP contribution < -0.4 is 10.5 Å². The summed E-state index contributed by atoms with van der Waals surface area (Å²) in [4.78, 5) is 0.